The smallest absolute Gasteiger partial charge is 0.0509 e. The maximum absolute atomic E-state index is 6.53. The number of nitrogens with two attached hydrogens (primary N) is 1. The van der Waals surface area contributed by atoms with Gasteiger partial charge in [-0.15, -0.1) is 23.1 Å². The fourth-order valence-corrected chi connectivity index (χ4v) is 4.02. The van der Waals surface area contributed by atoms with Crippen LogP contribution in [0.1, 0.15) is 24.6 Å². The third-order valence-corrected chi connectivity index (χ3v) is 5.63. The minimum atomic E-state index is -0.187. The average Bonchev–Trinajstić information content (AvgIpc) is 2.95. The molecule has 1 unspecified atom stereocenters. The molecule has 102 valence electrons. The van der Waals surface area contributed by atoms with Crippen LogP contribution in [0.2, 0.25) is 5.02 Å². The monoisotopic (exact) mass is 311 g/mol. The lowest BCUT2D eigenvalue weighted by Gasteiger charge is -2.26. The summed E-state index contributed by atoms with van der Waals surface area (Å²) < 4.78 is 0. The van der Waals surface area contributed by atoms with Crippen molar-refractivity contribution in [2.45, 2.75) is 30.2 Å². The second-order valence-corrected chi connectivity index (χ2v) is 7.09. The topological polar surface area (TPSA) is 26.0 Å². The van der Waals surface area contributed by atoms with Crippen LogP contribution in [0.15, 0.2) is 46.7 Å². The average molecular weight is 312 g/mol. The van der Waals surface area contributed by atoms with E-state index in [0.717, 1.165) is 23.6 Å². The normalized spacial score (nSPS) is 14.3. The van der Waals surface area contributed by atoms with E-state index in [-0.39, 0.29) is 5.54 Å². The van der Waals surface area contributed by atoms with Crippen molar-refractivity contribution in [1.82, 2.24) is 0 Å². The van der Waals surface area contributed by atoms with E-state index in [2.05, 4.69) is 36.6 Å². The van der Waals surface area contributed by atoms with Gasteiger partial charge in [0.15, 0.2) is 0 Å². The number of thiophene rings is 1. The highest BCUT2D eigenvalue weighted by atomic mass is 35.5. The molecule has 0 fully saturated rings. The molecule has 2 rings (SSSR count). The number of hydrogen-bond acceptors (Lipinski definition) is 3. The zero-order chi connectivity index (χ0) is 13.7. The summed E-state index contributed by atoms with van der Waals surface area (Å²) in [6, 6.07) is 12.2. The Morgan fingerprint density at radius 1 is 1.26 bits per heavy atom. The lowest BCUT2D eigenvalue weighted by atomic mass is 9.92. The minimum absolute atomic E-state index is 0.187. The van der Waals surface area contributed by atoms with Gasteiger partial charge in [-0.05, 0) is 48.6 Å². The van der Waals surface area contributed by atoms with E-state index in [1.54, 1.807) is 11.3 Å². The number of thioether (sulfide) groups is 1. The van der Waals surface area contributed by atoms with Crippen LogP contribution in [0.4, 0.5) is 0 Å². The Morgan fingerprint density at radius 3 is 2.58 bits per heavy atom. The van der Waals surface area contributed by atoms with Crippen molar-refractivity contribution in [2.75, 3.05) is 5.75 Å². The van der Waals surface area contributed by atoms with Crippen molar-refractivity contribution < 1.29 is 0 Å². The van der Waals surface area contributed by atoms with Crippen molar-refractivity contribution in [3.63, 3.8) is 0 Å². The van der Waals surface area contributed by atoms with E-state index in [1.807, 2.05) is 23.9 Å². The third kappa shape index (κ3) is 3.99. The molecule has 0 bridgehead atoms. The molecule has 0 saturated carbocycles. The van der Waals surface area contributed by atoms with Gasteiger partial charge in [-0.2, -0.15) is 0 Å². The SMILES string of the molecule is CCC(N)(CCSc1ccc(Cl)cc1)c1cccs1. The van der Waals surface area contributed by atoms with Crippen LogP contribution in [-0.4, -0.2) is 5.75 Å². The first-order valence-corrected chi connectivity index (χ1v) is 8.59. The number of halogens is 1. The Balaban J connectivity index is 1.92. The van der Waals surface area contributed by atoms with Gasteiger partial charge in [-0.1, -0.05) is 24.6 Å². The highest BCUT2D eigenvalue weighted by Gasteiger charge is 2.25. The van der Waals surface area contributed by atoms with Gasteiger partial charge in [0.1, 0.15) is 0 Å². The molecule has 1 atom stereocenters. The molecule has 1 heterocycles. The molecule has 1 nitrogen and oxygen atoms in total. The zero-order valence-corrected chi connectivity index (χ0v) is 13.3. The van der Waals surface area contributed by atoms with Gasteiger partial charge in [0.25, 0.3) is 0 Å². The van der Waals surface area contributed by atoms with E-state index in [4.69, 9.17) is 17.3 Å². The number of hydrogen-bond donors (Lipinski definition) is 1. The van der Waals surface area contributed by atoms with Gasteiger partial charge in [0.05, 0.1) is 5.54 Å². The number of benzene rings is 1. The minimum Gasteiger partial charge on any atom is -0.321 e. The molecule has 0 aliphatic heterocycles. The van der Waals surface area contributed by atoms with Gasteiger partial charge in [-0.3, -0.25) is 0 Å². The molecule has 0 saturated heterocycles. The molecular weight excluding hydrogens is 294 g/mol. The lowest BCUT2D eigenvalue weighted by molar-refractivity contribution is 0.425. The summed E-state index contributed by atoms with van der Waals surface area (Å²) in [5.41, 5.74) is 6.34. The Bertz CT molecular complexity index is 495. The summed E-state index contributed by atoms with van der Waals surface area (Å²) in [4.78, 5) is 2.53. The van der Waals surface area contributed by atoms with Crippen LogP contribution in [0.3, 0.4) is 0 Å². The molecule has 0 amide bonds. The molecule has 0 aliphatic rings. The predicted molar refractivity (Wildman–Crippen MR) is 87.3 cm³/mol. The molecule has 1 aromatic heterocycles. The molecule has 0 spiro atoms. The van der Waals surface area contributed by atoms with Crippen molar-refractivity contribution >= 4 is 34.7 Å². The third-order valence-electron chi connectivity index (χ3n) is 3.27. The number of rotatable bonds is 6. The maximum Gasteiger partial charge on any atom is 0.0509 e. The molecule has 2 N–H and O–H groups in total. The highest BCUT2D eigenvalue weighted by molar-refractivity contribution is 7.99. The Labute approximate surface area is 128 Å². The summed E-state index contributed by atoms with van der Waals surface area (Å²) in [5.74, 6) is 1.02. The summed E-state index contributed by atoms with van der Waals surface area (Å²) in [6.07, 6.45) is 1.95. The first-order chi connectivity index (χ1) is 9.14. The summed E-state index contributed by atoms with van der Waals surface area (Å²) in [5, 5.41) is 2.88. The largest absolute Gasteiger partial charge is 0.321 e. The second kappa shape index (κ2) is 6.80. The van der Waals surface area contributed by atoms with Crippen molar-refractivity contribution in [3.8, 4) is 0 Å². The standard InChI is InChI=1S/C15H18ClNS2/c1-2-15(17,14-4-3-10-19-14)9-11-18-13-7-5-12(16)6-8-13/h3-8,10H,2,9,11,17H2,1H3. The van der Waals surface area contributed by atoms with E-state index in [0.29, 0.717) is 0 Å². The second-order valence-electron chi connectivity index (χ2n) is 4.54. The van der Waals surface area contributed by atoms with Crippen molar-refractivity contribution in [1.29, 1.82) is 0 Å². The molecule has 4 heteroatoms. The summed E-state index contributed by atoms with van der Waals surface area (Å²) in [7, 11) is 0. The highest BCUT2D eigenvalue weighted by Crippen LogP contribution is 2.32. The molecule has 0 radical (unpaired) electrons. The quantitative estimate of drug-likeness (QED) is 0.747. The van der Waals surface area contributed by atoms with Gasteiger partial charge in [-0.25, -0.2) is 0 Å². The van der Waals surface area contributed by atoms with E-state index in [9.17, 15) is 0 Å². The van der Waals surface area contributed by atoms with Crippen molar-refractivity contribution in [2.24, 2.45) is 5.73 Å². The Kier molecular flexibility index (Phi) is 5.34. The van der Waals surface area contributed by atoms with Gasteiger partial charge in [0.2, 0.25) is 0 Å². The van der Waals surface area contributed by atoms with Crippen LogP contribution in [-0.2, 0) is 5.54 Å². The van der Waals surface area contributed by atoms with Crippen LogP contribution in [0.25, 0.3) is 0 Å². The predicted octanol–water partition coefficient (Wildman–Crippen LogP) is 5.15. The zero-order valence-electron chi connectivity index (χ0n) is 10.9. The first-order valence-electron chi connectivity index (χ1n) is 6.35. The van der Waals surface area contributed by atoms with Gasteiger partial charge < -0.3 is 5.73 Å². The van der Waals surface area contributed by atoms with E-state index >= 15 is 0 Å². The molecule has 0 aliphatic carbocycles. The fourth-order valence-electron chi connectivity index (χ4n) is 1.92. The van der Waals surface area contributed by atoms with Gasteiger partial charge in [0, 0.05) is 20.5 Å². The molecular formula is C15H18ClNS2. The van der Waals surface area contributed by atoms with E-state index in [1.165, 1.54) is 9.77 Å². The van der Waals surface area contributed by atoms with Gasteiger partial charge >= 0.3 is 0 Å². The summed E-state index contributed by atoms with van der Waals surface area (Å²) >= 11 is 9.47. The Hall–Kier alpha value is -0.480. The molecule has 2 aromatic rings. The molecule has 19 heavy (non-hydrogen) atoms. The molecule has 1 aromatic carbocycles. The van der Waals surface area contributed by atoms with E-state index < -0.39 is 0 Å². The Morgan fingerprint density at radius 2 is 2.00 bits per heavy atom. The summed E-state index contributed by atoms with van der Waals surface area (Å²) in [6.45, 7) is 2.16. The lowest BCUT2D eigenvalue weighted by Crippen LogP contribution is -2.35. The fraction of sp³-hybridized carbons (Fsp3) is 0.333. The van der Waals surface area contributed by atoms with Crippen LogP contribution in [0.5, 0.6) is 0 Å². The first kappa shape index (κ1) is 14.9. The van der Waals surface area contributed by atoms with Crippen molar-refractivity contribution in [3.05, 3.63) is 51.7 Å². The van der Waals surface area contributed by atoms with Crippen LogP contribution >= 0.6 is 34.7 Å². The van der Waals surface area contributed by atoms with Crippen LogP contribution < -0.4 is 5.73 Å². The maximum atomic E-state index is 6.53. The van der Waals surface area contributed by atoms with Crippen LogP contribution in [0, 0.1) is 0 Å².